The van der Waals surface area contributed by atoms with Crippen LogP contribution in [0.4, 0.5) is 0 Å². The molecule has 1 N–H and O–H groups in total. The molecule has 0 spiro atoms. The van der Waals surface area contributed by atoms with E-state index in [0.29, 0.717) is 25.6 Å². The molecular weight excluding hydrogens is 292 g/mol. The number of carbonyl (C=O) groups is 2. The molecule has 2 heterocycles. The number of hydrogen-bond acceptors (Lipinski definition) is 4. The van der Waals surface area contributed by atoms with Gasteiger partial charge in [0.15, 0.2) is 0 Å². The largest absolute Gasteiger partial charge is 0.354 e. The van der Waals surface area contributed by atoms with E-state index in [2.05, 4.69) is 29.0 Å². The SMILES string of the molecule is CC(C)N1CCN(CCCC(=O)N2CCCNC(=O)[C@@H]2C)CC1. The van der Waals surface area contributed by atoms with E-state index in [4.69, 9.17) is 0 Å². The van der Waals surface area contributed by atoms with E-state index in [1.807, 2.05) is 6.92 Å². The van der Waals surface area contributed by atoms with Gasteiger partial charge in [-0.05, 0) is 40.2 Å². The van der Waals surface area contributed by atoms with Crippen LogP contribution >= 0.6 is 0 Å². The number of amides is 2. The third kappa shape index (κ3) is 5.18. The number of nitrogens with zero attached hydrogens (tertiary/aromatic N) is 3. The molecule has 132 valence electrons. The Balaban J connectivity index is 1.69. The predicted octanol–water partition coefficient (Wildman–Crippen LogP) is 0.530. The Morgan fingerprint density at radius 2 is 1.91 bits per heavy atom. The van der Waals surface area contributed by atoms with Crippen LogP contribution < -0.4 is 5.32 Å². The average Bonchev–Trinajstić information content (AvgIpc) is 2.70. The first-order valence-electron chi connectivity index (χ1n) is 9.02. The van der Waals surface area contributed by atoms with Gasteiger partial charge in [-0.1, -0.05) is 0 Å². The molecule has 0 aromatic heterocycles. The van der Waals surface area contributed by atoms with Crippen LogP contribution in [-0.4, -0.2) is 84.4 Å². The van der Waals surface area contributed by atoms with Gasteiger partial charge < -0.3 is 15.1 Å². The Hall–Kier alpha value is -1.14. The van der Waals surface area contributed by atoms with Crippen molar-refractivity contribution in [3.63, 3.8) is 0 Å². The van der Waals surface area contributed by atoms with E-state index in [-0.39, 0.29) is 17.9 Å². The number of carbonyl (C=O) groups excluding carboxylic acids is 2. The molecule has 1 atom stereocenters. The monoisotopic (exact) mass is 324 g/mol. The number of rotatable bonds is 5. The molecular formula is C17H32N4O2. The Morgan fingerprint density at radius 1 is 1.22 bits per heavy atom. The summed E-state index contributed by atoms with van der Waals surface area (Å²) in [6.07, 6.45) is 2.27. The fourth-order valence-corrected chi connectivity index (χ4v) is 3.39. The third-order valence-electron chi connectivity index (χ3n) is 5.04. The Morgan fingerprint density at radius 3 is 2.57 bits per heavy atom. The normalized spacial score (nSPS) is 24.6. The van der Waals surface area contributed by atoms with Crippen molar-refractivity contribution in [2.75, 3.05) is 45.8 Å². The lowest BCUT2D eigenvalue weighted by Crippen LogP contribution is -2.49. The van der Waals surface area contributed by atoms with Crippen molar-refractivity contribution in [1.82, 2.24) is 20.0 Å². The van der Waals surface area contributed by atoms with Gasteiger partial charge in [-0.2, -0.15) is 0 Å². The summed E-state index contributed by atoms with van der Waals surface area (Å²) in [5.74, 6) is 0.0935. The summed E-state index contributed by atoms with van der Waals surface area (Å²) < 4.78 is 0. The Bertz CT molecular complexity index is 405. The zero-order valence-corrected chi connectivity index (χ0v) is 14.9. The van der Waals surface area contributed by atoms with Gasteiger partial charge >= 0.3 is 0 Å². The van der Waals surface area contributed by atoms with E-state index in [0.717, 1.165) is 45.6 Å². The van der Waals surface area contributed by atoms with Crippen molar-refractivity contribution < 1.29 is 9.59 Å². The van der Waals surface area contributed by atoms with Crippen LogP contribution in [0.15, 0.2) is 0 Å². The molecule has 0 bridgehead atoms. The highest BCUT2D eigenvalue weighted by Gasteiger charge is 2.27. The molecule has 2 saturated heterocycles. The van der Waals surface area contributed by atoms with Crippen LogP contribution in [0.5, 0.6) is 0 Å². The minimum atomic E-state index is -0.334. The average molecular weight is 324 g/mol. The van der Waals surface area contributed by atoms with Gasteiger partial charge in [0.2, 0.25) is 11.8 Å². The summed E-state index contributed by atoms with van der Waals surface area (Å²) in [6.45, 7) is 13.1. The van der Waals surface area contributed by atoms with Crippen LogP contribution in [-0.2, 0) is 9.59 Å². The van der Waals surface area contributed by atoms with E-state index in [9.17, 15) is 9.59 Å². The molecule has 6 nitrogen and oxygen atoms in total. The van der Waals surface area contributed by atoms with Gasteiger partial charge in [0.1, 0.15) is 6.04 Å². The predicted molar refractivity (Wildman–Crippen MR) is 91.2 cm³/mol. The lowest BCUT2D eigenvalue weighted by Gasteiger charge is -2.37. The molecule has 0 unspecified atom stereocenters. The van der Waals surface area contributed by atoms with Crippen LogP contribution in [0.2, 0.25) is 0 Å². The number of hydrogen-bond donors (Lipinski definition) is 1. The molecule has 2 amide bonds. The van der Waals surface area contributed by atoms with Crippen molar-refractivity contribution in [3.05, 3.63) is 0 Å². The minimum Gasteiger partial charge on any atom is -0.354 e. The zero-order chi connectivity index (χ0) is 16.8. The van der Waals surface area contributed by atoms with Crippen LogP contribution in [0.25, 0.3) is 0 Å². The minimum absolute atomic E-state index is 0.0272. The third-order valence-corrected chi connectivity index (χ3v) is 5.04. The summed E-state index contributed by atoms with van der Waals surface area (Å²) in [7, 11) is 0. The highest BCUT2D eigenvalue weighted by Crippen LogP contribution is 2.10. The van der Waals surface area contributed by atoms with Crippen LogP contribution in [0, 0.1) is 0 Å². The second-order valence-electron chi connectivity index (χ2n) is 6.98. The maximum atomic E-state index is 12.4. The summed E-state index contributed by atoms with van der Waals surface area (Å²) in [5.41, 5.74) is 0. The Kier molecular flexibility index (Phi) is 6.84. The second-order valence-corrected chi connectivity index (χ2v) is 6.98. The molecule has 6 heteroatoms. The summed E-state index contributed by atoms with van der Waals surface area (Å²) in [5, 5.41) is 2.85. The van der Waals surface area contributed by atoms with Gasteiger partial charge in [0, 0.05) is 51.7 Å². The fraction of sp³-hybridized carbons (Fsp3) is 0.882. The Labute approximate surface area is 140 Å². The molecule has 23 heavy (non-hydrogen) atoms. The van der Waals surface area contributed by atoms with E-state index < -0.39 is 0 Å². The van der Waals surface area contributed by atoms with E-state index in [1.165, 1.54) is 0 Å². The van der Waals surface area contributed by atoms with Crippen molar-refractivity contribution >= 4 is 11.8 Å². The summed E-state index contributed by atoms with van der Waals surface area (Å²) >= 11 is 0. The van der Waals surface area contributed by atoms with Gasteiger partial charge in [-0.25, -0.2) is 0 Å². The van der Waals surface area contributed by atoms with Gasteiger partial charge in [-0.15, -0.1) is 0 Å². The highest BCUT2D eigenvalue weighted by molar-refractivity contribution is 5.87. The first-order chi connectivity index (χ1) is 11.0. The van der Waals surface area contributed by atoms with Crippen LogP contribution in [0.3, 0.4) is 0 Å². The van der Waals surface area contributed by atoms with Crippen molar-refractivity contribution in [1.29, 1.82) is 0 Å². The first-order valence-corrected chi connectivity index (χ1v) is 9.02. The number of nitrogens with one attached hydrogen (secondary N) is 1. The quantitative estimate of drug-likeness (QED) is 0.801. The standard InChI is InChI=1S/C17H32N4O2/c1-14(2)20-12-10-19(11-13-20)8-4-6-16(22)21-9-5-7-18-17(23)15(21)3/h14-15H,4-13H2,1-3H3,(H,18,23)/t15-/m0/s1. The molecule has 0 saturated carbocycles. The topological polar surface area (TPSA) is 55.9 Å². The molecule has 2 aliphatic rings. The second kappa shape index (κ2) is 8.64. The molecule has 0 aromatic rings. The zero-order valence-electron chi connectivity index (χ0n) is 14.9. The fourth-order valence-electron chi connectivity index (χ4n) is 3.39. The maximum Gasteiger partial charge on any atom is 0.242 e. The maximum absolute atomic E-state index is 12.4. The summed E-state index contributed by atoms with van der Waals surface area (Å²) in [4.78, 5) is 30.9. The van der Waals surface area contributed by atoms with Crippen molar-refractivity contribution in [2.24, 2.45) is 0 Å². The molecule has 0 aliphatic carbocycles. The summed E-state index contributed by atoms with van der Waals surface area (Å²) in [6, 6.07) is 0.286. The molecule has 0 aromatic carbocycles. The van der Waals surface area contributed by atoms with E-state index >= 15 is 0 Å². The lowest BCUT2D eigenvalue weighted by molar-refractivity contribution is -0.139. The number of piperazine rings is 1. The van der Waals surface area contributed by atoms with Crippen molar-refractivity contribution in [2.45, 2.75) is 52.1 Å². The van der Waals surface area contributed by atoms with Crippen LogP contribution in [0.1, 0.15) is 40.0 Å². The van der Waals surface area contributed by atoms with Gasteiger partial charge in [0.05, 0.1) is 0 Å². The van der Waals surface area contributed by atoms with Gasteiger partial charge in [0.25, 0.3) is 0 Å². The van der Waals surface area contributed by atoms with Gasteiger partial charge in [-0.3, -0.25) is 14.5 Å². The smallest absolute Gasteiger partial charge is 0.242 e. The molecule has 2 fully saturated rings. The molecule has 2 rings (SSSR count). The van der Waals surface area contributed by atoms with Crippen molar-refractivity contribution in [3.8, 4) is 0 Å². The lowest BCUT2D eigenvalue weighted by atomic mass is 10.2. The molecule has 0 radical (unpaired) electrons. The van der Waals surface area contributed by atoms with E-state index in [1.54, 1.807) is 4.90 Å². The highest BCUT2D eigenvalue weighted by atomic mass is 16.2. The molecule has 2 aliphatic heterocycles. The first kappa shape index (κ1) is 18.2.